The van der Waals surface area contributed by atoms with Crippen LogP contribution in [0.15, 0.2) is 42.5 Å². The lowest BCUT2D eigenvalue weighted by Crippen LogP contribution is -2.24. The van der Waals surface area contributed by atoms with E-state index < -0.39 is 0 Å². The maximum absolute atomic E-state index is 12.0. The van der Waals surface area contributed by atoms with Crippen LogP contribution >= 0.6 is 0 Å². The summed E-state index contributed by atoms with van der Waals surface area (Å²) in [7, 11) is 0. The topological polar surface area (TPSA) is 106 Å². The number of anilines is 2. The standard InChI is InChI=1S/C14H14N4O3/c15-11-6-4-10(5-7-11)8-16-14(20)12-2-1-3-13(17-12)18-21-9-19/h1-7,9H,8,15H2,(H,16,20)(H,17,18). The number of pyridine rings is 1. The number of rotatable bonds is 6. The summed E-state index contributed by atoms with van der Waals surface area (Å²) in [4.78, 5) is 30.4. The minimum atomic E-state index is -0.332. The third kappa shape index (κ3) is 4.20. The summed E-state index contributed by atoms with van der Waals surface area (Å²) < 4.78 is 0. The van der Waals surface area contributed by atoms with Gasteiger partial charge in [-0.25, -0.2) is 10.5 Å². The maximum atomic E-state index is 12.0. The first-order valence-corrected chi connectivity index (χ1v) is 6.14. The van der Waals surface area contributed by atoms with Crippen molar-refractivity contribution < 1.29 is 14.4 Å². The quantitative estimate of drug-likeness (QED) is 0.417. The van der Waals surface area contributed by atoms with E-state index >= 15 is 0 Å². The number of nitrogen functional groups attached to an aromatic ring is 1. The largest absolute Gasteiger partial charge is 0.399 e. The summed E-state index contributed by atoms with van der Waals surface area (Å²) in [6.45, 7) is 0.596. The first-order chi connectivity index (χ1) is 10.2. The fourth-order valence-electron chi connectivity index (χ4n) is 1.61. The van der Waals surface area contributed by atoms with Crippen molar-refractivity contribution in [3.8, 4) is 0 Å². The van der Waals surface area contributed by atoms with Crippen LogP contribution in [0.2, 0.25) is 0 Å². The molecule has 1 amide bonds. The fourth-order valence-corrected chi connectivity index (χ4v) is 1.61. The number of amides is 1. The van der Waals surface area contributed by atoms with E-state index in [0.29, 0.717) is 12.2 Å². The monoisotopic (exact) mass is 286 g/mol. The van der Waals surface area contributed by atoms with Crippen LogP contribution in [0.4, 0.5) is 11.5 Å². The number of nitrogens with one attached hydrogen (secondary N) is 2. The lowest BCUT2D eigenvalue weighted by molar-refractivity contribution is -0.126. The molecule has 0 saturated carbocycles. The minimum absolute atomic E-state index is 0.213. The number of nitrogens with two attached hydrogens (primary N) is 1. The van der Waals surface area contributed by atoms with E-state index in [9.17, 15) is 9.59 Å². The average Bonchev–Trinajstić information content (AvgIpc) is 2.52. The Hall–Kier alpha value is -3.09. The first kappa shape index (κ1) is 14.3. The van der Waals surface area contributed by atoms with Crippen molar-refractivity contribution >= 4 is 23.9 Å². The van der Waals surface area contributed by atoms with Crippen molar-refractivity contribution in [2.75, 3.05) is 11.2 Å². The van der Waals surface area contributed by atoms with Crippen LogP contribution in [0.25, 0.3) is 0 Å². The van der Waals surface area contributed by atoms with Gasteiger partial charge in [0.1, 0.15) is 5.69 Å². The Balaban J connectivity index is 1.96. The van der Waals surface area contributed by atoms with Gasteiger partial charge in [0, 0.05) is 12.2 Å². The van der Waals surface area contributed by atoms with Crippen molar-refractivity contribution in [1.82, 2.24) is 10.3 Å². The van der Waals surface area contributed by atoms with Crippen LogP contribution < -0.4 is 16.5 Å². The molecule has 0 unspecified atom stereocenters. The second-order valence-corrected chi connectivity index (χ2v) is 4.15. The summed E-state index contributed by atoms with van der Waals surface area (Å²) >= 11 is 0. The molecule has 0 fully saturated rings. The summed E-state index contributed by atoms with van der Waals surface area (Å²) in [6.07, 6.45) is 0. The van der Waals surface area contributed by atoms with Gasteiger partial charge in [-0.15, -0.1) is 0 Å². The molecule has 2 aromatic rings. The third-order valence-corrected chi connectivity index (χ3v) is 2.63. The van der Waals surface area contributed by atoms with Crippen LogP contribution in [0.3, 0.4) is 0 Å². The van der Waals surface area contributed by atoms with Crippen molar-refractivity contribution in [2.45, 2.75) is 6.54 Å². The van der Waals surface area contributed by atoms with E-state index in [1.165, 1.54) is 0 Å². The predicted octanol–water partition coefficient (Wildman–Crippen LogP) is 1.09. The van der Waals surface area contributed by atoms with E-state index in [2.05, 4.69) is 20.6 Å². The highest BCUT2D eigenvalue weighted by Crippen LogP contribution is 2.07. The summed E-state index contributed by atoms with van der Waals surface area (Å²) in [5.41, 5.74) is 9.69. The Labute approximate surface area is 121 Å². The summed E-state index contributed by atoms with van der Waals surface area (Å²) in [6, 6.07) is 12.0. The van der Waals surface area contributed by atoms with Gasteiger partial charge in [0.2, 0.25) is 0 Å². The van der Waals surface area contributed by atoms with Gasteiger partial charge >= 0.3 is 6.47 Å². The number of hydrogen-bond donors (Lipinski definition) is 3. The molecule has 108 valence electrons. The first-order valence-electron chi connectivity index (χ1n) is 6.14. The minimum Gasteiger partial charge on any atom is -0.399 e. The molecule has 0 saturated heterocycles. The smallest absolute Gasteiger partial charge is 0.320 e. The Bertz CT molecular complexity index is 628. The number of hydrogen-bond acceptors (Lipinski definition) is 6. The zero-order chi connectivity index (χ0) is 15.1. The van der Waals surface area contributed by atoms with Crippen molar-refractivity contribution in [1.29, 1.82) is 0 Å². The highest BCUT2D eigenvalue weighted by atomic mass is 16.7. The van der Waals surface area contributed by atoms with Crippen molar-refractivity contribution in [3.05, 3.63) is 53.7 Å². The van der Waals surface area contributed by atoms with E-state index in [4.69, 9.17) is 5.73 Å². The molecular formula is C14H14N4O3. The number of carbonyl (C=O) groups excluding carboxylic acids is 2. The van der Waals surface area contributed by atoms with Crippen LogP contribution in [-0.2, 0) is 16.2 Å². The van der Waals surface area contributed by atoms with Crippen LogP contribution in [-0.4, -0.2) is 17.4 Å². The van der Waals surface area contributed by atoms with E-state index in [0.717, 1.165) is 5.56 Å². The zero-order valence-corrected chi connectivity index (χ0v) is 11.1. The van der Waals surface area contributed by atoms with Gasteiger partial charge in [0.05, 0.1) is 0 Å². The van der Waals surface area contributed by atoms with Gasteiger partial charge in [-0.1, -0.05) is 18.2 Å². The lowest BCUT2D eigenvalue weighted by Gasteiger charge is -2.07. The number of benzene rings is 1. The highest BCUT2D eigenvalue weighted by Gasteiger charge is 2.07. The SMILES string of the molecule is Nc1ccc(CNC(=O)c2cccc(NOC=O)n2)cc1. The lowest BCUT2D eigenvalue weighted by atomic mass is 10.2. The van der Waals surface area contributed by atoms with Gasteiger partial charge in [0.15, 0.2) is 5.82 Å². The highest BCUT2D eigenvalue weighted by molar-refractivity contribution is 5.92. The molecule has 0 aliphatic heterocycles. The molecule has 2 rings (SSSR count). The summed E-state index contributed by atoms with van der Waals surface area (Å²) in [5, 5.41) is 2.74. The molecular weight excluding hydrogens is 272 g/mol. The second kappa shape index (κ2) is 6.90. The number of carbonyl (C=O) groups is 2. The second-order valence-electron chi connectivity index (χ2n) is 4.15. The van der Waals surface area contributed by atoms with Gasteiger partial charge in [-0.05, 0) is 29.8 Å². The summed E-state index contributed by atoms with van der Waals surface area (Å²) in [5.74, 6) is -0.0659. The number of nitrogens with zero attached hydrogens (tertiary/aromatic N) is 1. The molecule has 7 heteroatoms. The van der Waals surface area contributed by atoms with Gasteiger partial charge in [-0.3, -0.25) is 9.59 Å². The van der Waals surface area contributed by atoms with Crippen LogP contribution in [0.5, 0.6) is 0 Å². The molecule has 21 heavy (non-hydrogen) atoms. The zero-order valence-electron chi connectivity index (χ0n) is 11.1. The number of aromatic nitrogens is 1. The Morgan fingerprint density at radius 1 is 1.24 bits per heavy atom. The van der Waals surface area contributed by atoms with E-state index in [1.54, 1.807) is 30.3 Å². The molecule has 1 aromatic heterocycles. The molecule has 1 aromatic carbocycles. The molecule has 4 N–H and O–H groups in total. The van der Waals surface area contributed by atoms with Gasteiger partial charge < -0.3 is 15.9 Å². The van der Waals surface area contributed by atoms with E-state index in [-0.39, 0.29) is 23.9 Å². The molecule has 0 radical (unpaired) electrons. The molecule has 1 heterocycles. The average molecular weight is 286 g/mol. The third-order valence-electron chi connectivity index (χ3n) is 2.63. The molecule has 0 bridgehead atoms. The fraction of sp³-hybridized carbons (Fsp3) is 0.0714. The molecule has 0 aliphatic rings. The van der Waals surface area contributed by atoms with Crippen molar-refractivity contribution in [2.24, 2.45) is 0 Å². The van der Waals surface area contributed by atoms with Crippen LogP contribution in [0, 0.1) is 0 Å². The normalized spacial score (nSPS) is 9.71. The molecule has 0 atom stereocenters. The molecule has 0 spiro atoms. The molecule has 0 aliphatic carbocycles. The molecule has 7 nitrogen and oxygen atoms in total. The predicted molar refractivity (Wildman–Crippen MR) is 77.0 cm³/mol. The van der Waals surface area contributed by atoms with Gasteiger partial charge in [-0.2, -0.15) is 0 Å². The Morgan fingerprint density at radius 2 is 2.00 bits per heavy atom. The van der Waals surface area contributed by atoms with Crippen molar-refractivity contribution in [3.63, 3.8) is 0 Å². The Morgan fingerprint density at radius 3 is 2.71 bits per heavy atom. The van der Waals surface area contributed by atoms with Gasteiger partial charge in [0.25, 0.3) is 5.91 Å². The maximum Gasteiger partial charge on any atom is 0.320 e. The van der Waals surface area contributed by atoms with Crippen LogP contribution in [0.1, 0.15) is 16.1 Å². The van der Waals surface area contributed by atoms with E-state index in [1.807, 2.05) is 12.1 Å². The Kier molecular flexibility index (Phi) is 4.70.